The normalized spacial score (nSPS) is 21.5. The van der Waals surface area contributed by atoms with Crippen molar-refractivity contribution >= 4 is 18.3 Å². The Bertz CT molecular complexity index is 1180. The molecule has 6 rings (SSSR count). The van der Waals surface area contributed by atoms with Crippen LogP contribution in [0.1, 0.15) is 102 Å². The summed E-state index contributed by atoms with van der Waals surface area (Å²) in [6, 6.07) is 22.7. The van der Waals surface area contributed by atoms with Crippen LogP contribution in [0.5, 0.6) is 0 Å². The van der Waals surface area contributed by atoms with Gasteiger partial charge in [0.2, 0.25) is 12.9 Å². The standard InChI is InChI=1S/C14H15N.C12H23N.C7H10F2O2.C5H8F2.2CO2/c1-3-7-13(8-4-1)11-15-12-14-9-5-2-6-10-14;1-3-7-11(8-4-1)13-12-9-5-2-6-10-12;1-2-11-7(10)5-3-4(5)6(8)9;1-3-2-4(3)5(6)7;2*2-1-3/h1-10,15H,11-12H2;11-13H,1-10H2;4-6H,2-3H2,1H3;3-5H,2H2,1H3;;. The van der Waals surface area contributed by atoms with Crippen LogP contribution < -0.4 is 10.6 Å². The third-order valence-electron chi connectivity index (χ3n) is 9.27. The maximum absolute atomic E-state index is 11.9. The van der Waals surface area contributed by atoms with Gasteiger partial charge >= 0.3 is 18.3 Å². The summed E-state index contributed by atoms with van der Waals surface area (Å²) in [5.74, 6) is -1.72. The van der Waals surface area contributed by atoms with E-state index in [0.717, 1.165) is 31.6 Å². The number of hydrogen-bond donors (Lipinski definition) is 2. The molecular weight excluding hydrogens is 680 g/mol. The topological polar surface area (TPSA) is 119 Å². The van der Waals surface area contributed by atoms with Crippen molar-refractivity contribution in [3.63, 3.8) is 0 Å². The Morgan fingerprint density at radius 1 is 0.692 bits per heavy atom. The molecule has 0 heterocycles. The van der Waals surface area contributed by atoms with E-state index in [0.29, 0.717) is 5.92 Å². The first-order chi connectivity index (χ1) is 25.1. The molecule has 2 N–H and O–H groups in total. The number of hydrogen-bond acceptors (Lipinski definition) is 8. The lowest BCUT2D eigenvalue weighted by atomic mass is 9.91. The van der Waals surface area contributed by atoms with Crippen LogP contribution in [0.4, 0.5) is 17.6 Å². The van der Waals surface area contributed by atoms with E-state index >= 15 is 0 Å². The second-order valence-electron chi connectivity index (χ2n) is 13.4. The summed E-state index contributed by atoms with van der Waals surface area (Å²) >= 11 is 0. The van der Waals surface area contributed by atoms with Crippen molar-refractivity contribution in [2.75, 3.05) is 6.61 Å². The van der Waals surface area contributed by atoms with Crippen LogP contribution in [0.15, 0.2) is 60.7 Å². The third-order valence-corrected chi connectivity index (χ3v) is 9.27. The summed E-state index contributed by atoms with van der Waals surface area (Å²) in [5, 5.41) is 7.28. The molecule has 290 valence electrons. The highest BCUT2D eigenvalue weighted by atomic mass is 19.3. The fraction of sp³-hybridized carbons (Fsp3) is 0.625. The van der Waals surface area contributed by atoms with E-state index in [2.05, 4.69) is 63.9 Å². The molecule has 4 aliphatic rings. The molecule has 0 saturated heterocycles. The lowest BCUT2D eigenvalue weighted by Gasteiger charge is -2.30. The van der Waals surface area contributed by atoms with Gasteiger partial charge in [0.25, 0.3) is 0 Å². The van der Waals surface area contributed by atoms with Crippen LogP contribution >= 0.6 is 0 Å². The number of alkyl halides is 4. The molecule has 0 bridgehead atoms. The third kappa shape index (κ3) is 22.3. The van der Waals surface area contributed by atoms with Crippen molar-refractivity contribution < 1.29 is 46.3 Å². The largest absolute Gasteiger partial charge is 0.466 e. The highest BCUT2D eigenvalue weighted by molar-refractivity contribution is 5.75. The summed E-state index contributed by atoms with van der Waals surface area (Å²) in [6.07, 6.45) is 11.7. The molecule has 4 saturated carbocycles. The number of halogens is 4. The molecule has 0 radical (unpaired) electrons. The van der Waals surface area contributed by atoms with Gasteiger partial charge in [-0.15, -0.1) is 0 Å². The number of benzene rings is 2. The van der Waals surface area contributed by atoms with Crippen LogP contribution in [-0.4, -0.2) is 49.8 Å². The van der Waals surface area contributed by atoms with Crippen molar-refractivity contribution in [2.24, 2.45) is 23.7 Å². The smallest absolute Gasteiger partial charge is 0.373 e. The van der Waals surface area contributed by atoms with Crippen LogP contribution in [-0.2, 0) is 41.8 Å². The first kappa shape index (κ1) is 46.3. The van der Waals surface area contributed by atoms with E-state index < -0.39 is 30.7 Å². The minimum absolute atomic E-state index is 0.250. The number of ether oxygens (including phenoxy) is 1. The summed E-state index contributed by atoms with van der Waals surface area (Å²) < 4.78 is 51.2. The minimum Gasteiger partial charge on any atom is -0.466 e. The predicted molar refractivity (Wildman–Crippen MR) is 188 cm³/mol. The summed E-state index contributed by atoms with van der Waals surface area (Å²) in [5.41, 5.74) is 2.65. The molecule has 0 aliphatic heterocycles. The second kappa shape index (κ2) is 28.8. The van der Waals surface area contributed by atoms with Crippen LogP contribution in [0.25, 0.3) is 0 Å². The lowest BCUT2D eigenvalue weighted by Crippen LogP contribution is -2.40. The van der Waals surface area contributed by atoms with Crippen LogP contribution in [0, 0.1) is 23.7 Å². The van der Waals surface area contributed by atoms with Crippen LogP contribution in [0.2, 0.25) is 0 Å². The fourth-order valence-electron chi connectivity index (χ4n) is 6.13. The minimum atomic E-state index is -2.37. The van der Waals surface area contributed by atoms with E-state index in [-0.39, 0.29) is 31.2 Å². The Morgan fingerprint density at radius 3 is 1.37 bits per heavy atom. The Balaban J connectivity index is 0.000000337. The highest BCUT2D eigenvalue weighted by Gasteiger charge is 2.49. The molecular formula is C40H56F4N2O6. The maximum Gasteiger partial charge on any atom is 0.373 e. The average Bonchev–Trinajstić information content (AvgIpc) is 4.08. The van der Waals surface area contributed by atoms with Gasteiger partial charge in [-0.2, -0.15) is 19.2 Å². The average molecular weight is 737 g/mol. The maximum atomic E-state index is 11.9. The number of carbonyl (C=O) groups is 1. The Hall–Kier alpha value is -3.69. The van der Waals surface area contributed by atoms with Gasteiger partial charge in [0, 0.05) is 37.0 Å². The number of nitrogens with one attached hydrogen (secondary N) is 2. The van der Waals surface area contributed by atoms with E-state index in [1.807, 2.05) is 19.1 Å². The molecule has 0 amide bonds. The molecule has 52 heavy (non-hydrogen) atoms. The predicted octanol–water partition coefficient (Wildman–Crippen LogP) is 8.41. The number of rotatable bonds is 10. The molecule has 4 fully saturated rings. The van der Waals surface area contributed by atoms with E-state index in [1.54, 1.807) is 6.92 Å². The van der Waals surface area contributed by atoms with Gasteiger partial charge < -0.3 is 15.4 Å². The number of carbonyl (C=O) groups excluding carboxylic acids is 5. The van der Waals surface area contributed by atoms with Crippen molar-refractivity contribution in [1.82, 2.24) is 10.6 Å². The molecule has 4 aliphatic carbocycles. The SMILES string of the molecule is C1CCC(NC2CCCCC2)CC1.CC1CC1C(F)F.CCOC(=O)C1CC1C(F)F.O=C=O.O=C=O.c1ccc(CNCc2ccccc2)cc1. The zero-order valence-electron chi connectivity index (χ0n) is 30.5. The first-order valence-corrected chi connectivity index (χ1v) is 18.4. The molecule has 4 unspecified atom stereocenters. The zero-order chi connectivity index (χ0) is 38.6. The Kier molecular flexibility index (Phi) is 25.7. The quantitative estimate of drug-likeness (QED) is 0.185. The van der Waals surface area contributed by atoms with Crippen molar-refractivity contribution in [1.29, 1.82) is 0 Å². The number of esters is 1. The molecule has 0 spiro atoms. The second-order valence-corrected chi connectivity index (χ2v) is 13.4. The Labute approximate surface area is 305 Å². The van der Waals surface area contributed by atoms with Crippen LogP contribution in [0.3, 0.4) is 0 Å². The van der Waals surface area contributed by atoms with Crippen molar-refractivity contribution in [3.05, 3.63) is 71.8 Å². The van der Waals surface area contributed by atoms with Crippen molar-refractivity contribution in [3.8, 4) is 0 Å². The molecule has 8 nitrogen and oxygen atoms in total. The van der Waals surface area contributed by atoms with E-state index in [9.17, 15) is 22.4 Å². The lowest BCUT2D eigenvalue weighted by molar-refractivity contribution is -0.193. The van der Waals surface area contributed by atoms with Gasteiger partial charge in [-0.25, -0.2) is 17.6 Å². The monoisotopic (exact) mass is 736 g/mol. The Morgan fingerprint density at radius 2 is 1.08 bits per heavy atom. The molecule has 12 heteroatoms. The van der Waals surface area contributed by atoms with Gasteiger partial charge in [-0.3, -0.25) is 4.79 Å². The molecule has 2 aromatic rings. The van der Waals surface area contributed by atoms with Crippen molar-refractivity contribution in [2.45, 2.75) is 129 Å². The first-order valence-electron chi connectivity index (χ1n) is 18.4. The van der Waals surface area contributed by atoms with Gasteiger partial charge in [0.05, 0.1) is 12.5 Å². The van der Waals surface area contributed by atoms with Gasteiger partial charge in [0.15, 0.2) is 0 Å². The molecule has 4 atom stereocenters. The van der Waals surface area contributed by atoms with Gasteiger partial charge in [-0.1, -0.05) is 106 Å². The van der Waals surface area contributed by atoms with Gasteiger partial charge in [0.1, 0.15) is 0 Å². The van der Waals surface area contributed by atoms with Gasteiger partial charge in [-0.05, 0) is 62.5 Å². The summed E-state index contributed by atoms with van der Waals surface area (Å²) in [6.45, 7) is 5.64. The zero-order valence-corrected chi connectivity index (χ0v) is 30.5. The fourth-order valence-corrected chi connectivity index (χ4v) is 6.13. The summed E-state index contributed by atoms with van der Waals surface area (Å²) in [7, 11) is 0. The highest BCUT2D eigenvalue weighted by Crippen LogP contribution is 2.44. The molecule has 2 aromatic carbocycles. The van der Waals surface area contributed by atoms with E-state index in [4.69, 9.17) is 19.2 Å². The summed E-state index contributed by atoms with van der Waals surface area (Å²) in [4.78, 5) is 43.3. The van der Waals surface area contributed by atoms with E-state index in [1.165, 1.54) is 75.3 Å². The molecule has 0 aromatic heterocycles.